The number of nitrogens with zero attached hydrogens (tertiary/aromatic N) is 3. The highest BCUT2D eigenvalue weighted by molar-refractivity contribution is 6.04. The van der Waals surface area contributed by atoms with Crippen LogP contribution >= 0.6 is 0 Å². The number of amides is 1. The first-order chi connectivity index (χ1) is 17.0. The average molecular weight is 470 g/mol. The molecule has 9 nitrogen and oxygen atoms in total. The number of carbonyl (C=O) groups excluding carboxylic acids is 1. The summed E-state index contributed by atoms with van der Waals surface area (Å²) in [4.78, 5) is 38.9. The molecule has 0 unspecified atom stereocenters. The Balaban J connectivity index is 1.71. The average Bonchev–Trinajstić information content (AvgIpc) is 2.89. The van der Waals surface area contributed by atoms with Crippen molar-refractivity contribution in [2.24, 2.45) is 0 Å². The van der Waals surface area contributed by atoms with E-state index in [9.17, 15) is 19.6 Å². The Morgan fingerprint density at radius 1 is 0.943 bits per heavy atom. The zero-order valence-corrected chi connectivity index (χ0v) is 19.1. The fourth-order valence-corrected chi connectivity index (χ4v) is 3.78. The second-order valence-corrected chi connectivity index (χ2v) is 7.66. The third kappa shape index (κ3) is 4.63. The van der Waals surface area contributed by atoms with Gasteiger partial charge in [-0.25, -0.2) is 4.79 Å². The molecule has 9 heteroatoms. The molecule has 1 heterocycles. The minimum Gasteiger partial charge on any atom is -0.493 e. The van der Waals surface area contributed by atoms with Gasteiger partial charge in [-0.15, -0.1) is 0 Å². The molecule has 4 aromatic rings. The van der Waals surface area contributed by atoms with Gasteiger partial charge in [0.1, 0.15) is 6.54 Å². The lowest BCUT2D eigenvalue weighted by Crippen LogP contribution is -2.40. The van der Waals surface area contributed by atoms with Gasteiger partial charge in [-0.1, -0.05) is 30.3 Å². The van der Waals surface area contributed by atoms with Crippen LogP contribution in [0.5, 0.6) is 11.5 Å². The van der Waals surface area contributed by atoms with E-state index in [-0.39, 0.29) is 29.9 Å². The number of nitrogens with one attached hydrogen (secondary N) is 1. The normalized spacial score (nSPS) is 10.5. The molecule has 0 aliphatic carbocycles. The number of aromatic nitrogens is 2. The van der Waals surface area contributed by atoms with Crippen molar-refractivity contribution in [3.63, 3.8) is 0 Å². The summed E-state index contributed by atoms with van der Waals surface area (Å²) >= 11 is 0. The SMILES string of the molecule is COc1cc2c(=O)n(Cc3ccc(C(=O)Nc4ccccc4)cc3)c(=O)n(CC#N)c2cc1OC. The Labute approximate surface area is 200 Å². The van der Waals surface area contributed by atoms with Crippen molar-refractivity contribution in [1.82, 2.24) is 9.13 Å². The molecule has 0 bridgehead atoms. The van der Waals surface area contributed by atoms with E-state index in [1.54, 1.807) is 36.4 Å². The number of hydrogen-bond donors (Lipinski definition) is 1. The number of carbonyl (C=O) groups is 1. The van der Waals surface area contributed by atoms with E-state index >= 15 is 0 Å². The number of nitriles is 1. The summed E-state index contributed by atoms with van der Waals surface area (Å²) < 4.78 is 12.9. The molecule has 0 radical (unpaired) electrons. The number of ether oxygens (including phenoxy) is 2. The monoisotopic (exact) mass is 470 g/mol. The molecule has 0 spiro atoms. The van der Waals surface area contributed by atoms with Gasteiger partial charge in [-0.2, -0.15) is 5.26 Å². The van der Waals surface area contributed by atoms with E-state index in [0.29, 0.717) is 28.3 Å². The fraction of sp³-hybridized carbons (Fsp3) is 0.154. The van der Waals surface area contributed by atoms with Crippen LogP contribution in [0.2, 0.25) is 0 Å². The van der Waals surface area contributed by atoms with Gasteiger partial charge >= 0.3 is 5.69 Å². The van der Waals surface area contributed by atoms with Crippen LogP contribution in [-0.2, 0) is 13.1 Å². The van der Waals surface area contributed by atoms with Crippen molar-refractivity contribution in [2.75, 3.05) is 19.5 Å². The molecular weight excluding hydrogens is 448 g/mol. The predicted molar refractivity (Wildman–Crippen MR) is 131 cm³/mol. The maximum Gasteiger partial charge on any atom is 0.332 e. The molecule has 1 amide bonds. The number of hydrogen-bond acceptors (Lipinski definition) is 6. The number of para-hydroxylation sites is 1. The highest BCUT2D eigenvalue weighted by Gasteiger charge is 2.17. The van der Waals surface area contributed by atoms with Gasteiger partial charge < -0.3 is 14.8 Å². The quantitative estimate of drug-likeness (QED) is 0.444. The summed E-state index contributed by atoms with van der Waals surface area (Å²) in [7, 11) is 2.89. The van der Waals surface area contributed by atoms with Gasteiger partial charge in [0.05, 0.1) is 37.7 Å². The Morgan fingerprint density at radius 3 is 2.23 bits per heavy atom. The molecule has 35 heavy (non-hydrogen) atoms. The second kappa shape index (κ2) is 9.97. The molecule has 0 aliphatic heterocycles. The highest BCUT2D eigenvalue weighted by Crippen LogP contribution is 2.30. The summed E-state index contributed by atoms with van der Waals surface area (Å²) in [6.07, 6.45) is 0. The van der Waals surface area contributed by atoms with Gasteiger partial charge in [0, 0.05) is 17.3 Å². The van der Waals surface area contributed by atoms with Gasteiger partial charge in [0.2, 0.25) is 0 Å². The minimum atomic E-state index is -0.623. The zero-order chi connectivity index (χ0) is 24.9. The molecule has 0 atom stereocenters. The van der Waals surface area contributed by atoms with Crippen LogP contribution in [0.15, 0.2) is 76.3 Å². The van der Waals surface area contributed by atoms with Crippen molar-refractivity contribution in [3.8, 4) is 17.6 Å². The fourth-order valence-electron chi connectivity index (χ4n) is 3.78. The largest absolute Gasteiger partial charge is 0.493 e. The first-order valence-electron chi connectivity index (χ1n) is 10.7. The summed E-state index contributed by atoms with van der Waals surface area (Å²) in [5.41, 5.74) is 0.886. The summed E-state index contributed by atoms with van der Waals surface area (Å²) in [5, 5.41) is 12.3. The predicted octanol–water partition coefficient (Wildman–Crippen LogP) is 3.00. The van der Waals surface area contributed by atoms with Gasteiger partial charge in [-0.05, 0) is 35.9 Å². The van der Waals surface area contributed by atoms with Crippen LogP contribution in [0.3, 0.4) is 0 Å². The van der Waals surface area contributed by atoms with E-state index in [4.69, 9.17) is 9.47 Å². The summed E-state index contributed by atoms with van der Waals surface area (Å²) in [5.74, 6) is 0.398. The van der Waals surface area contributed by atoms with Crippen molar-refractivity contribution in [3.05, 3.63) is 98.7 Å². The van der Waals surface area contributed by atoms with Crippen molar-refractivity contribution >= 4 is 22.5 Å². The first kappa shape index (κ1) is 23.3. The van der Waals surface area contributed by atoms with Crippen LogP contribution in [0, 0.1) is 11.3 Å². The molecule has 1 aromatic heterocycles. The van der Waals surface area contributed by atoms with Crippen LogP contribution in [0.1, 0.15) is 15.9 Å². The standard InChI is InChI=1S/C26H22N4O5/c1-34-22-14-20-21(15-23(22)35-2)29(13-12-27)26(33)30(25(20)32)16-17-8-10-18(11-9-17)24(31)28-19-6-4-3-5-7-19/h3-11,14-15H,13,16H2,1-2H3,(H,28,31). The van der Waals surface area contributed by atoms with E-state index in [1.165, 1.54) is 30.9 Å². The van der Waals surface area contributed by atoms with E-state index in [2.05, 4.69) is 5.32 Å². The molecule has 1 N–H and O–H groups in total. The number of anilines is 1. The maximum absolute atomic E-state index is 13.3. The van der Waals surface area contributed by atoms with Crippen molar-refractivity contribution in [2.45, 2.75) is 13.1 Å². The molecule has 4 rings (SSSR count). The number of methoxy groups -OCH3 is 2. The lowest BCUT2D eigenvalue weighted by atomic mass is 10.1. The Morgan fingerprint density at radius 2 is 1.60 bits per heavy atom. The lowest BCUT2D eigenvalue weighted by Gasteiger charge is -2.15. The maximum atomic E-state index is 13.3. The van der Waals surface area contributed by atoms with E-state index in [1.807, 2.05) is 24.3 Å². The number of rotatable bonds is 7. The number of fused-ring (bicyclic) bond motifs is 1. The lowest BCUT2D eigenvalue weighted by molar-refractivity contribution is 0.102. The zero-order valence-electron chi connectivity index (χ0n) is 19.1. The number of benzene rings is 3. The topological polar surface area (TPSA) is 115 Å². The molecule has 0 saturated carbocycles. The van der Waals surface area contributed by atoms with Crippen LogP contribution in [0.25, 0.3) is 10.9 Å². The van der Waals surface area contributed by atoms with Crippen molar-refractivity contribution < 1.29 is 14.3 Å². The summed E-state index contributed by atoms with van der Waals surface area (Å²) in [6, 6.07) is 20.7. The van der Waals surface area contributed by atoms with Crippen molar-refractivity contribution in [1.29, 1.82) is 5.26 Å². The highest BCUT2D eigenvalue weighted by atomic mass is 16.5. The second-order valence-electron chi connectivity index (χ2n) is 7.66. The molecule has 0 saturated heterocycles. The molecular formula is C26H22N4O5. The smallest absolute Gasteiger partial charge is 0.332 e. The molecule has 176 valence electrons. The molecule has 0 fully saturated rings. The Kier molecular flexibility index (Phi) is 6.64. The van der Waals surface area contributed by atoms with E-state index in [0.717, 1.165) is 4.57 Å². The van der Waals surface area contributed by atoms with Crippen LogP contribution < -0.4 is 26.0 Å². The molecule has 3 aromatic carbocycles. The summed E-state index contributed by atoms with van der Waals surface area (Å²) in [6.45, 7) is -0.280. The molecule has 0 aliphatic rings. The minimum absolute atomic E-state index is 0.0338. The van der Waals surface area contributed by atoms with Crippen LogP contribution in [-0.4, -0.2) is 29.3 Å². The Bertz CT molecular complexity index is 1550. The first-order valence-corrected chi connectivity index (χ1v) is 10.7. The van der Waals surface area contributed by atoms with Crippen LogP contribution in [0.4, 0.5) is 5.69 Å². The third-order valence-electron chi connectivity index (χ3n) is 5.55. The van der Waals surface area contributed by atoms with Gasteiger partial charge in [0.25, 0.3) is 11.5 Å². The van der Waals surface area contributed by atoms with E-state index < -0.39 is 11.2 Å². The Hall–Kier alpha value is -4.84. The van der Waals surface area contributed by atoms with Gasteiger partial charge in [-0.3, -0.25) is 18.7 Å². The van der Waals surface area contributed by atoms with Gasteiger partial charge in [0.15, 0.2) is 11.5 Å². The third-order valence-corrected chi connectivity index (χ3v) is 5.55.